The average molecular weight is 538 g/mol. The van der Waals surface area contributed by atoms with Gasteiger partial charge in [0.25, 0.3) is 0 Å². The quantitative estimate of drug-likeness (QED) is 0.308. The van der Waals surface area contributed by atoms with Crippen LogP contribution < -0.4 is 16.0 Å². The highest BCUT2D eigenvalue weighted by Gasteiger charge is 2.27. The first-order valence-electron chi connectivity index (χ1n) is 13.4. The van der Waals surface area contributed by atoms with Crippen LogP contribution in [-0.2, 0) is 22.4 Å². The van der Waals surface area contributed by atoms with Crippen molar-refractivity contribution in [2.24, 2.45) is 5.92 Å². The Morgan fingerprint density at radius 3 is 3.05 bits per heavy atom. The molecule has 1 unspecified atom stereocenters. The molecule has 38 heavy (non-hydrogen) atoms. The molecular weight excluding hydrogens is 502 g/mol. The van der Waals surface area contributed by atoms with Gasteiger partial charge in [0.2, 0.25) is 5.91 Å². The van der Waals surface area contributed by atoms with E-state index in [9.17, 15) is 14.7 Å². The molecule has 5 heterocycles. The van der Waals surface area contributed by atoms with E-state index in [-0.39, 0.29) is 18.4 Å². The molecule has 0 saturated carbocycles. The van der Waals surface area contributed by atoms with Gasteiger partial charge in [-0.2, -0.15) is 0 Å². The summed E-state index contributed by atoms with van der Waals surface area (Å²) >= 11 is 1.47. The second-order valence-corrected chi connectivity index (χ2v) is 11.1. The van der Waals surface area contributed by atoms with Gasteiger partial charge >= 0.3 is 5.97 Å². The summed E-state index contributed by atoms with van der Waals surface area (Å²) < 4.78 is 0.812. The number of nitrogens with one attached hydrogen (secondary N) is 3. The molecule has 2 atom stereocenters. The third-order valence-corrected chi connectivity index (χ3v) is 8.45. The first-order chi connectivity index (χ1) is 18.5. The largest absolute Gasteiger partial charge is 0.480 e. The molecule has 2 aliphatic rings. The summed E-state index contributed by atoms with van der Waals surface area (Å²) in [5, 5.41) is 21.0. The lowest BCUT2D eigenvalue weighted by atomic mass is 9.96. The zero-order chi connectivity index (χ0) is 26.5. The van der Waals surface area contributed by atoms with Crippen LogP contribution in [0, 0.1) is 12.8 Å². The Morgan fingerprint density at radius 2 is 2.18 bits per heavy atom. The number of fused-ring (bicyclic) bond motifs is 2. The summed E-state index contributed by atoms with van der Waals surface area (Å²) in [7, 11) is 0. The number of carbonyl (C=O) groups excluding carboxylic acids is 1. The Morgan fingerprint density at radius 1 is 1.29 bits per heavy atom. The van der Waals surface area contributed by atoms with Crippen molar-refractivity contribution in [1.82, 2.24) is 25.2 Å². The highest BCUT2D eigenvalue weighted by Crippen LogP contribution is 2.29. The molecule has 1 saturated heterocycles. The van der Waals surface area contributed by atoms with E-state index in [0.29, 0.717) is 12.4 Å². The summed E-state index contributed by atoms with van der Waals surface area (Å²) in [4.78, 5) is 40.6. The summed E-state index contributed by atoms with van der Waals surface area (Å²) in [5.74, 6) is 0.233. The van der Waals surface area contributed by atoms with E-state index in [0.717, 1.165) is 85.5 Å². The number of amides is 1. The number of aromatic nitrogens is 3. The molecule has 5 rings (SSSR count). The molecule has 0 aliphatic carbocycles. The van der Waals surface area contributed by atoms with Gasteiger partial charge in [0.1, 0.15) is 24.0 Å². The van der Waals surface area contributed by atoms with E-state index >= 15 is 0 Å². The van der Waals surface area contributed by atoms with Crippen molar-refractivity contribution < 1.29 is 14.7 Å². The SMILES string of the molecule is Cc1csc2c(NC(CNC(=O)[C@@H]3CCCN(CCCc4ccc5c(n4)NCCC5)C3)C(=O)O)ncnc12. The zero-order valence-electron chi connectivity index (χ0n) is 21.7. The van der Waals surface area contributed by atoms with Gasteiger partial charge in [0, 0.05) is 25.3 Å². The van der Waals surface area contributed by atoms with Crippen molar-refractivity contribution in [2.75, 3.05) is 43.4 Å². The second-order valence-electron chi connectivity index (χ2n) is 10.2. The number of anilines is 2. The molecule has 1 fully saturated rings. The van der Waals surface area contributed by atoms with Crippen molar-refractivity contribution in [2.45, 2.75) is 51.5 Å². The van der Waals surface area contributed by atoms with E-state index < -0.39 is 12.0 Å². The number of hydrogen-bond acceptors (Lipinski definition) is 9. The van der Waals surface area contributed by atoms with Gasteiger partial charge in [-0.05, 0) is 81.1 Å². The van der Waals surface area contributed by atoms with Crippen molar-refractivity contribution in [3.05, 3.63) is 40.7 Å². The lowest BCUT2D eigenvalue weighted by molar-refractivity contribution is -0.138. The minimum Gasteiger partial charge on any atom is -0.480 e. The third-order valence-electron chi connectivity index (χ3n) is 7.36. The molecule has 3 aromatic heterocycles. The fraction of sp³-hybridized carbons (Fsp3) is 0.519. The summed E-state index contributed by atoms with van der Waals surface area (Å²) in [6, 6.07) is 3.34. The summed E-state index contributed by atoms with van der Waals surface area (Å²) in [5.41, 5.74) is 4.24. The zero-order valence-corrected chi connectivity index (χ0v) is 22.5. The van der Waals surface area contributed by atoms with Gasteiger partial charge in [-0.1, -0.05) is 6.07 Å². The normalized spacial score (nSPS) is 18.4. The smallest absolute Gasteiger partial charge is 0.328 e. The Bertz CT molecular complexity index is 1300. The maximum Gasteiger partial charge on any atom is 0.328 e. The number of carboxylic acid groups (broad SMARTS) is 1. The fourth-order valence-electron chi connectivity index (χ4n) is 5.25. The van der Waals surface area contributed by atoms with Crippen molar-refractivity contribution >= 4 is 45.1 Å². The van der Waals surface area contributed by atoms with Crippen LogP contribution in [0.2, 0.25) is 0 Å². The van der Waals surface area contributed by atoms with E-state index in [1.54, 1.807) is 0 Å². The predicted molar refractivity (Wildman–Crippen MR) is 149 cm³/mol. The van der Waals surface area contributed by atoms with Crippen molar-refractivity contribution in [1.29, 1.82) is 0 Å². The molecule has 3 aromatic rings. The van der Waals surface area contributed by atoms with Crippen LogP contribution in [0.5, 0.6) is 0 Å². The van der Waals surface area contributed by atoms with Crippen LogP contribution in [0.3, 0.4) is 0 Å². The number of likely N-dealkylation sites (tertiary alicyclic amines) is 1. The van der Waals surface area contributed by atoms with Gasteiger partial charge in [0.15, 0.2) is 0 Å². The van der Waals surface area contributed by atoms with E-state index in [2.05, 4.69) is 43.0 Å². The molecular formula is C27H35N7O3S. The number of aryl methyl sites for hydroxylation is 3. The first-order valence-corrected chi connectivity index (χ1v) is 14.3. The lowest BCUT2D eigenvalue weighted by Crippen LogP contribution is -2.47. The number of hydrogen-bond donors (Lipinski definition) is 4. The van der Waals surface area contributed by atoms with Gasteiger partial charge in [-0.15, -0.1) is 11.3 Å². The maximum atomic E-state index is 13.0. The predicted octanol–water partition coefficient (Wildman–Crippen LogP) is 3.08. The monoisotopic (exact) mass is 537 g/mol. The van der Waals surface area contributed by atoms with Gasteiger partial charge in [0.05, 0.1) is 16.1 Å². The van der Waals surface area contributed by atoms with Crippen LogP contribution in [0.4, 0.5) is 11.6 Å². The van der Waals surface area contributed by atoms with Crippen molar-refractivity contribution in [3.8, 4) is 0 Å². The number of nitrogens with zero attached hydrogens (tertiary/aromatic N) is 4. The van der Waals surface area contributed by atoms with Crippen LogP contribution in [0.15, 0.2) is 23.8 Å². The first kappa shape index (κ1) is 26.3. The van der Waals surface area contributed by atoms with Gasteiger partial charge < -0.3 is 26.0 Å². The van der Waals surface area contributed by atoms with Crippen LogP contribution in [0.25, 0.3) is 10.2 Å². The van der Waals surface area contributed by atoms with Crippen LogP contribution in [-0.4, -0.2) is 75.6 Å². The van der Waals surface area contributed by atoms with E-state index in [1.165, 1.54) is 23.2 Å². The fourth-order valence-corrected chi connectivity index (χ4v) is 6.20. The standard InChI is InChI=1S/C27H35N7O3S/c1-17-15-38-23-22(17)30-16-31-25(23)33-21(27(36)37)13-29-26(35)19-6-3-11-34(14-19)12-4-7-20-9-8-18-5-2-10-28-24(18)32-20/h8-9,15-16,19,21H,2-7,10-14H2,1H3,(H,28,32)(H,29,35)(H,36,37)(H,30,31,33)/t19-,21?/m1/s1. The van der Waals surface area contributed by atoms with Crippen LogP contribution >= 0.6 is 11.3 Å². The van der Waals surface area contributed by atoms with Crippen LogP contribution in [0.1, 0.15) is 42.5 Å². The molecule has 10 nitrogen and oxygen atoms in total. The Balaban J connectivity index is 1.10. The topological polar surface area (TPSA) is 132 Å². The molecule has 1 amide bonds. The minimum absolute atomic E-state index is 0.0153. The Kier molecular flexibility index (Phi) is 8.33. The van der Waals surface area contributed by atoms with E-state index in [4.69, 9.17) is 4.98 Å². The molecule has 0 spiro atoms. The number of pyridine rings is 1. The molecule has 202 valence electrons. The molecule has 4 N–H and O–H groups in total. The molecule has 2 aliphatic heterocycles. The molecule has 0 radical (unpaired) electrons. The second kappa shape index (κ2) is 12.0. The third kappa shape index (κ3) is 6.21. The number of piperidine rings is 1. The van der Waals surface area contributed by atoms with E-state index in [1.807, 2.05) is 12.3 Å². The average Bonchev–Trinajstić information content (AvgIpc) is 3.32. The number of aliphatic carboxylic acids is 1. The maximum absolute atomic E-state index is 13.0. The lowest BCUT2D eigenvalue weighted by Gasteiger charge is -2.32. The molecule has 11 heteroatoms. The minimum atomic E-state index is -1.04. The molecule has 0 aromatic carbocycles. The number of thiophene rings is 1. The van der Waals surface area contributed by atoms with Crippen molar-refractivity contribution in [3.63, 3.8) is 0 Å². The number of carboxylic acids is 1. The molecule has 0 bridgehead atoms. The number of rotatable bonds is 10. The highest BCUT2D eigenvalue weighted by atomic mass is 32.1. The highest BCUT2D eigenvalue weighted by molar-refractivity contribution is 7.18. The Hall–Kier alpha value is -3.31. The summed E-state index contributed by atoms with van der Waals surface area (Å²) in [6.45, 7) is 5.52. The Labute approximate surface area is 226 Å². The number of carbonyl (C=O) groups is 2. The van der Waals surface area contributed by atoms with Gasteiger partial charge in [-0.25, -0.2) is 19.7 Å². The van der Waals surface area contributed by atoms with Gasteiger partial charge in [-0.3, -0.25) is 4.79 Å². The summed E-state index contributed by atoms with van der Waals surface area (Å²) in [6.07, 6.45) is 7.34.